The molecule has 0 atom stereocenters. The molecule has 0 spiro atoms. The first kappa shape index (κ1) is 23.3. The van der Waals surface area contributed by atoms with E-state index in [1.807, 2.05) is 24.3 Å². The highest BCUT2D eigenvalue weighted by Crippen LogP contribution is 2.40. The number of hydrogen-bond donors (Lipinski definition) is 0. The molecular weight excluding hydrogens is 476 g/mol. The van der Waals surface area contributed by atoms with E-state index < -0.39 is 0 Å². The van der Waals surface area contributed by atoms with E-state index >= 15 is 0 Å². The lowest BCUT2D eigenvalue weighted by atomic mass is 10.0. The van der Waals surface area contributed by atoms with E-state index in [0.29, 0.717) is 44.6 Å². The number of anilines is 1. The molecule has 5 rings (SSSR count). The second kappa shape index (κ2) is 10.1. The number of fused-ring (bicyclic) bond motifs is 1. The monoisotopic (exact) mass is 498 g/mol. The maximum atomic E-state index is 13.7. The fourth-order valence-electron chi connectivity index (χ4n) is 3.85. The van der Waals surface area contributed by atoms with E-state index in [0.717, 1.165) is 4.70 Å². The number of nitrogens with zero attached hydrogens (tertiary/aromatic N) is 2. The summed E-state index contributed by atoms with van der Waals surface area (Å²) in [7, 11) is 3.16. The Bertz CT molecular complexity index is 1470. The van der Waals surface area contributed by atoms with Gasteiger partial charge < -0.3 is 13.9 Å². The highest BCUT2D eigenvalue weighted by Gasteiger charge is 2.25. The number of hydrogen-bond acceptors (Lipinski definition) is 7. The van der Waals surface area contributed by atoms with Crippen molar-refractivity contribution in [3.8, 4) is 11.5 Å². The van der Waals surface area contributed by atoms with Crippen molar-refractivity contribution < 1.29 is 23.5 Å². The van der Waals surface area contributed by atoms with Crippen LogP contribution in [0.15, 0.2) is 89.5 Å². The van der Waals surface area contributed by atoms with E-state index in [9.17, 15) is 9.59 Å². The molecule has 0 aliphatic carbocycles. The zero-order valence-corrected chi connectivity index (χ0v) is 20.5. The average Bonchev–Trinajstić information content (AvgIpc) is 3.61. The van der Waals surface area contributed by atoms with Crippen LogP contribution in [0, 0.1) is 0 Å². The van der Waals surface area contributed by atoms with E-state index in [1.54, 1.807) is 80.0 Å². The van der Waals surface area contributed by atoms with E-state index in [1.165, 1.54) is 11.3 Å². The number of amides is 1. The number of aromatic nitrogens is 1. The molecule has 0 unspecified atom stereocenters. The summed E-state index contributed by atoms with van der Waals surface area (Å²) in [5.74, 6) is 1.46. The molecule has 36 heavy (non-hydrogen) atoms. The number of furan rings is 1. The lowest BCUT2D eigenvalue weighted by molar-refractivity contribution is 0.0981. The van der Waals surface area contributed by atoms with Crippen molar-refractivity contribution in [2.75, 3.05) is 19.1 Å². The minimum absolute atomic E-state index is 0.104. The Balaban J connectivity index is 1.51. The number of methoxy groups -OCH3 is 2. The van der Waals surface area contributed by atoms with Crippen molar-refractivity contribution >= 4 is 38.4 Å². The van der Waals surface area contributed by atoms with Crippen LogP contribution in [-0.4, -0.2) is 30.9 Å². The second-order valence-corrected chi connectivity index (χ2v) is 8.86. The molecule has 0 radical (unpaired) electrons. The van der Waals surface area contributed by atoms with Crippen LogP contribution in [0.5, 0.6) is 11.5 Å². The molecule has 180 valence electrons. The highest BCUT2D eigenvalue weighted by atomic mass is 32.1. The summed E-state index contributed by atoms with van der Waals surface area (Å²) < 4.78 is 17.3. The minimum Gasteiger partial charge on any atom is -0.495 e. The van der Waals surface area contributed by atoms with Gasteiger partial charge in [0, 0.05) is 16.7 Å². The summed E-state index contributed by atoms with van der Waals surface area (Å²) in [6.07, 6.45) is 1.56. The predicted molar refractivity (Wildman–Crippen MR) is 138 cm³/mol. The van der Waals surface area contributed by atoms with E-state index in [2.05, 4.69) is 0 Å². The SMILES string of the molecule is COc1ccc(OC)c2sc(N(Cc3ccco3)C(=O)c3ccc(C(=O)c4ccccc4)cc3)nc12. The predicted octanol–water partition coefficient (Wildman–Crippen LogP) is 5.98. The van der Waals surface area contributed by atoms with Gasteiger partial charge in [-0.25, -0.2) is 4.98 Å². The fourth-order valence-corrected chi connectivity index (χ4v) is 4.92. The summed E-state index contributed by atoms with van der Waals surface area (Å²) in [6.45, 7) is 0.182. The van der Waals surface area contributed by atoms with Crippen LogP contribution in [0.1, 0.15) is 32.0 Å². The van der Waals surface area contributed by atoms with E-state index in [4.69, 9.17) is 18.9 Å². The molecular formula is C28H22N2O5S. The molecule has 0 aliphatic heterocycles. The molecule has 2 aromatic heterocycles. The largest absolute Gasteiger partial charge is 0.495 e. The molecule has 7 nitrogen and oxygen atoms in total. The molecule has 0 aliphatic rings. The third kappa shape index (κ3) is 4.46. The number of benzene rings is 3. The van der Waals surface area contributed by atoms with Crippen molar-refractivity contribution in [3.63, 3.8) is 0 Å². The van der Waals surface area contributed by atoms with E-state index in [-0.39, 0.29) is 18.2 Å². The summed E-state index contributed by atoms with van der Waals surface area (Å²) in [4.78, 5) is 32.8. The lowest BCUT2D eigenvalue weighted by Gasteiger charge is -2.19. The maximum Gasteiger partial charge on any atom is 0.260 e. The normalized spacial score (nSPS) is 10.8. The first-order chi connectivity index (χ1) is 17.6. The molecule has 2 heterocycles. The molecule has 0 bridgehead atoms. The summed E-state index contributed by atoms with van der Waals surface area (Å²) in [5.41, 5.74) is 2.13. The standard InChI is InChI=1S/C28H22N2O5S/c1-33-22-14-15-23(34-2)26-24(22)29-28(36-26)30(17-21-9-6-16-35-21)27(32)20-12-10-19(11-13-20)25(31)18-7-4-3-5-8-18/h3-16H,17H2,1-2H3. The highest BCUT2D eigenvalue weighted by molar-refractivity contribution is 7.22. The van der Waals surface area contributed by atoms with Gasteiger partial charge in [0.05, 0.1) is 27.0 Å². The quantitative estimate of drug-likeness (QED) is 0.245. The van der Waals surface area contributed by atoms with Gasteiger partial charge >= 0.3 is 0 Å². The summed E-state index contributed by atoms with van der Waals surface area (Å²) in [5, 5.41) is 0.471. The third-order valence-electron chi connectivity index (χ3n) is 5.70. The zero-order chi connectivity index (χ0) is 25.1. The van der Waals surface area contributed by atoms with Crippen molar-refractivity contribution in [2.45, 2.75) is 6.54 Å². The maximum absolute atomic E-state index is 13.7. The fraction of sp³-hybridized carbons (Fsp3) is 0.107. The van der Waals surface area contributed by atoms with Gasteiger partial charge in [-0.15, -0.1) is 0 Å². The van der Waals surface area contributed by atoms with Gasteiger partial charge in [-0.2, -0.15) is 0 Å². The average molecular weight is 499 g/mol. The van der Waals surface area contributed by atoms with Gasteiger partial charge in [-0.3, -0.25) is 14.5 Å². The van der Waals surface area contributed by atoms with Gasteiger partial charge in [0.2, 0.25) is 0 Å². The molecule has 0 fully saturated rings. The first-order valence-electron chi connectivity index (χ1n) is 11.1. The van der Waals surface area contributed by atoms with Crippen LogP contribution in [0.25, 0.3) is 10.2 Å². The molecule has 8 heteroatoms. The van der Waals surface area contributed by atoms with Crippen LogP contribution < -0.4 is 14.4 Å². The first-order valence-corrected chi connectivity index (χ1v) is 12.0. The molecule has 0 saturated carbocycles. The number of carbonyl (C=O) groups excluding carboxylic acids is 2. The van der Waals surface area contributed by atoms with Crippen molar-refractivity contribution in [1.29, 1.82) is 0 Å². The number of rotatable bonds is 8. The van der Waals surface area contributed by atoms with Gasteiger partial charge in [0.15, 0.2) is 10.9 Å². The third-order valence-corrected chi connectivity index (χ3v) is 6.79. The van der Waals surface area contributed by atoms with Gasteiger partial charge in [0.25, 0.3) is 5.91 Å². The number of ketones is 1. The Hall–Kier alpha value is -4.43. The summed E-state index contributed by atoms with van der Waals surface area (Å²) in [6, 6.07) is 22.8. The number of thiazole rings is 1. The Kier molecular flexibility index (Phi) is 6.51. The van der Waals surface area contributed by atoms with Gasteiger partial charge in [-0.1, -0.05) is 53.8 Å². The van der Waals surface area contributed by atoms with Crippen LogP contribution >= 0.6 is 11.3 Å². The second-order valence-electron chi connectivity index (χ2n) is 7.89. The van der Waals surface area contributed by atoms with Crippen molar-refractivity contribution in [3.05, 3.63) is 108 Å². The topological polar surface area (TPSA) is 81.9 Å². The summed E-state index contributed by atoms with van der Waals surface area (Å²) >= 11 is 1.33. The smallest absolute Gasteiger partial charge is 0.260 e. The zero-order valence-electron chi connectivity index (χ0n) is 19.6. The minimum atomic E-state index is -0.276. The Morgan fingerprint density at radius 2 is 1.50 bits per heavy atom. The number of ether oxygens (including phenoxy) is 2. The number of carbonyl (C=O) groups is 2. The lowest BCUT2D eigenvalue weighted by Crippen LogP contribution is -2.30. The molecule has 3 aromatic carbocycles. The van der Waals surface area contributed by atoms with Crippen LogP contribution in [0.4, 0.5) is 5.13 Å². The van der Waals surface area contributed by atoms with Gasteiger partial charge in [0.1, 0.15) is 27.5 Å². The van der Waals surface area contributed by atoms with Crippen LogP contribution in [0.3, 0.4) is 0 Å². The Morgan fingerprint density at radius 3 is 2.17 bits per heavy atom. The van der Waals surface area contributed by atoms with Crippen LogP contribution in [0.2, 0.25) is 0 Å². The Labute approximate surface area is 211 Å². The molecule has 0 saturated heterocycles. The Morgan fingerprint density at radius 1 is 0.833 bits per heavy atom. The van der Waals surface area contributed by atoms with Gasteiger partial charge in [-0.05, 0) is 36.4 Å². The van der Waals surface area contributed by atoms with Crippen molar-refractivity contribution in [2.24, 2.45) is 0 Å². The molecule has 1 amide bonds. The van der Waals surface area contributed by atoms with Crippen LogP contribution in [-0.2, 0) is 6.54 Å². The van der Waals surface area contributed by atoms with Crippen molar-refractivity contribution in [1.82, 2.24) is 4.98 Å². The molecule has 5 aromatic rings. The molecule has 0 N–H and O–H groups in total.